The van der Waals surface area contributed by atoms with Crippen LogP contribution in [0.25, 0.3) is 11.0 Å². The third kappa shape index (κ3) is 4.22. The van der Waals surface area contributed by atoms with Crippen LogP contribution in [-0.4, -0.2) is 26.3 Å². The second-order valence-electron chi connectivity index (χ2n) is 7.59. The fourth-order valence-electron chi connectivity index (χ4n) is 3.46. The van der Waals surface area contributed by atoms with Crippen LogP contribution in [0.15, 0.2) is 55.0 Å². The van der Waals surface area contributed by atoms with E-state index in [2.05, 4.69) is 20.6 Å². The van der Waals surface area contributed by atoms with Gasteiger partial charge in [-0.1, -0.05) is 18.2 Å². The SMILES string of the molecule is CC(C)n1cc(C(=O)c2cccc(NC(=O)Nc3c(F)cccc3F)c2)c2c(N)ncnc21. The second kappa shape index (κ2) is 8.65. The molecule has 0 atom stereocenters. The Hall–Kier alpha value is -4.34. The first-order chi connectivity index (χ1) is 15.8. The van der Waals surface area contributed by atoms with Crippen molar-refractivity contribution in [1.82, 2.24) is 14.5 Å². The number of hydrogen-bond acceptors (Lipinski definition) is 5. The van der Waals surface area contributed by atoms with Crippen molar-refractivity contribution in [3.05, 3.63) is 77.8 Å². The lowest BCUT2D eigenvalue weighted by molar-refractivity contribution is 0.104. The molecule has 0 fully saturated rings. The molecule has 0 aliphatic heterocycles. The van der Waals surface area contributed by atoms with Crippen LogP contribution in [0.5, 0.6) is 0 Å². The molecule has 0 aliphatic carbocycles. The number of ketones is 1. The van der Waals surface area contributed by atoms with Crippen LogP contribution >= 0.6 is 0 Å². The summed E-state index contributed by atoms with van der Waals surface area (Å²) in [6.45, 7) is 3.90. The van der Waals surface area contributed by atoms with Gasteiger partial charge in [-0.3, -0.25) is 4.79 Å². The fraction of sp³-hybridized carbons (Fsp3) is 0.130. The summed E-state index contributed by atoms with van der Waals surface area (Å²) in [5, 5.41) is 5.05. The first kappa shape index (κ1) is 21.9. The molecule has 33 heavy (non-hydrogen) atoms. The Morgan fingerprint density at radius 3 is 2.42 bits per heavy atom. The van der Waals surface area contributed by atoms with Gasteiger partial charge in [0, 0.05) is 23.5 Å². The minimum Gasteiger partial charge on any atom is -0.383 e. The van der Waals surface area contributed by atoms with Crippen molar-refractivity contribution in [1.29, 1.82) is 0 Å². The zero-order chi connectivity index (χ0) is 23.7. The van der Waals surface area contributed by atoms with Gasteiger partial charge in [-0.2, -0.15) is 0 Å². The van der Waals surface area contributed by atoms with E-state index >= 15 is 0 Å². The maximum absolute atomic E-state index is 13.8. The fourth-order valence-corrected chi connectivity index (χ4v) is 3.46. The van der Waals surface area contributed by atoms with Gasteiger partial charge in [-0.15, -0.1) is 0 Å². The Kier molecular flexibility index (Phi) is 5.74. The molecule has 4 N–H and O–H groups in total. The van der Waals surface area contributed by atoms with Crippen LogP contribution in [0.4, 0.5) is 30.8 Å². The smallest absolute Gasteiger partial charge is 0.323 e. The highest BCUT2D eigenvalue weighted by Crippen LogP contribution is 2.29. The van der Waals surface area contributed by atoms with Crippen molar-refractivity contribution in [2.45, 2.75) is 19.9 Å². The van der Waals surface area contributed by atoms with E-state index in [1.165, 1.54) is 18.5 Å². The molecule has 0 bridgehead atoms. The maximum Gasteiger partial charge on any atom is 0.323 e. The molecule has 4 aromatic rings. The molecule has 4 rings (SSSR count). The Bertz CT molecular complexity index is 1360. The first-order valence-corrected chi connectivity index (χ1v) is 10.0. The number of halogens is 2. The Morgan fingerprint density at radius 2 is 1.73 bits per heavy atom. The van der Waals surface area contributed by atoms with Crippen LogP contribution < -0.4 is 16.4 Å². The van der Waals surface area contributed by atoms with Gasteiger partial charge in [-0.25, -0.2) is 23.5 Å². The van der Waals surface area contributed by atoms with Crippen LogP contribution in [0.2, 0.25) is 0 Å². The van der Waals surface area contributed by atoms with Crippen molar-refractivity contribution in [2.75, 3.05) is 16.4 Å². The number of benzene rings is 2. The molecule has 2 amide bonds. The standard InChI is InChI=1S/C23H20F2N6O2/c1-12(2)31-10-15(18-21(26)27-11-28-22(18)31)20(32)13-5-3-6-14(9-13)29-23(33)30-19-16(24)7-4-8-17(19)25/h3-12H,1-2H3,(H2,26,27,28)(H2,29,30,33). The Morgan fingerprint density at radius 1 is 1.03 bits per heavy atom. The largest absolute Gasteiger partial charge is 0.383 e. The molecule has 0 spiro atoms. The number of rotatable bonds is 5. The number of carbonyl (C=O) groups excluding carboxylic acids is 2. The number of hydrogen-bond donors (Lipinski definition) is 3. The molecule has 168 valence electrons. The highest BCUT2D eigenvalue weighted by atomic mass is 19.1. The topological polar surface area (TPSA) is 115 Å². The Balaban J connectivity index is 1.62. The lowest BCUT2D eigenvalue weighted by atomic mass is 10.0. The molecule has 10 heteroatoms. The number of aromatic nitrogens is 3. The van der Waals surface area contributed by atoms with Crippen LogP contribution in [0, 0.1) is 11.6 Å². The van der Waals surface area contributed by atoms with Gasteiger partial charge in [0.25, 0.3) is 0 Å². The van der Waals surface area contributed by atoms with E-state index in [1.807, 2.05) is 18.4 Å². The number of carbonyl (C=O) groups is 2. The van der Waals surface area contributed by atoms with Crippen molar-refractivity contribution >= 4 is 40.0 Å². The lowest BCUT2D eigenvalue weighted by Gasteiger charge is -2.10. The number of para-hydroxylation sites is 1. The van der Waals surface area contributed by atoms with Crippen molar-refractivity contribution < 1.29 is 18.4 Å². The lowest BCUT2D eigenvalue weighted by Crippen LogP contribution is -2.21. The summed E-state index contributed by atoms with van der Waals surface area (Å²) in [7, 11) is 0. The summed E-state index contributed by atoms with van der Waals surface area (Å²) in [6.07, 6.45) is 3.02. The predicted molar refractivity (Wildman–Crippen MR) is 121 cm³/mol. The van der Waals surface area contributed by atoms with Gasteiger partial charge in [0.05, 0.1) is 10.9 Å². The predicted octanol–water partition coefficient (Wildman–Crippen LogP) is 4.75. The quantitative estimate of drug-likeness (QED) is 0.380. The molecular weight excluding hydrogens is 430 g/mol. The van der Waals surface area contributed by atoms with Crippen LogP contribution in [0.3, 0.4) is 0 Å². The maximum atomic E-state index is 13.8. The first-order valence-electron chi connectivity index (χ1n) is 10.0. The number of nitrogens with two attached hydrogens (primary N) is 1. The summed E-state index contributed by atoms with van der Waals surface area (Å²) in [5.41, 5.74) is 6.87. The van der Waals surface area contributed by atoms with Crippen molar-refractivity contribution in [3.8, 4) is 0 Å². The van der Waals surface area contributed by atoms with Gasteiger partial charge < -0.3 is 20.9 Å². The molecule has 0 aliphatic rings. The number of fused-ring (bicyclic) bond motifs is 1. The third-order valence-electron chi connectivity index (χ3n) is 5.02. The van der Waals surface area contributed by atoms with E-state index in [9.17, 15) is 18.4 Å². The van der Waals surface area contributed by atoms with E-state index < -0.39 is 23.4 Å². The average Bonchev–Trinajstić information content (AvgIpc) is 3.17. The van der Waals surface area contributed by atoms with Crippen molar-refractivity contribution in [3.63, 3.8) is 0 Å². The number of amides is 2. The van der Waals surface area contributed by atoms with Gasteiger partial charge in [-0.05, 0) is 38.1 Å². The summed E-state index contributed by atoms with van der Waals surface area (Å²) in [6, 6.07) is 8.57. The number of nitrogens with zero attached hydrogens (tertiary/aromatic N) is 3. The summed E-state index contributed by atoms with van der Waals surface area (Å²) >= 11 is 0. The summed E-state index contributed by atoms with van der Waals surface area (Å²) in [4.78, 5) is 33.8. The molecule has 0 unspecified atom stereocenters. The number of urea groups is 1. The second-order valence-corrected chi connectivity index (χ2v) is 7.59. The molecule has 8 nitrogen and oxygen atoms in total. The van der Waals surface area contributed by atoms with E-state index in [1.54, 1.807) is 24.4 Å². The molecule has 2 aromatic heterocycles. The third-order valence-corrected chi connectivity index (χ3v) is 5.02. The molecule has 0 saturated carbocycles. The van der Waals surface area contributed by atoms with E-state index in [0.717, 1.165) is 12.1 Å². The highest BCUT2D eigenvalue weighted by molar-refractivity contribution is 6.18. The van der Waals surface area contributed by atoms with E-state index in [4.69, 9.17) is 5.73 Å². The van der Waals surface area contributed by atoms with Gasteiger partial charge in [0.2, 0.25) is 0 Å². The number of anilines is 3. The molecule has 0 saturated heterocycles. The van der Waals surface area contributed by atoms with Gasteiger partial charge in [0.15, 0.2) is 5.78 Å². The van der Waals surface area contributed by atoms with Crippen LogP contribution in [-0.2, 0) is 0 Å². The summed E-state index contributed by atoms with van der Waals surface area (Å²) in [5.74, 6) is -1.97. The summed E-state index contributed by atoms with van der Waals surface area (Å²) < 4.78 is 29.4. The minimum absolute atomic E-state index is 0.0267. The highest BCUT2D eigenvalue weighted by Gasteiger charge is 2.21. The molecule has 2 aromatic carbocycles. The van der Waals surface area contributed by atoms with Crippen LogP contribution in [0.1, 0.15) is 35.8 Å². The molecule has 0 radical (unpaired) electrons. The zero-order valence-electron chi connectivity index (χ0n) is 17.8. The van der Waals surface area contributed by atoms with E-state index in [0.29, 0.717) is 16.6 Å². The zero-order valence-corrected chi connectivity index (χ0v) is 17.8. The number of nitrogen functional groups attached to an aromatic ring is 1. The van der Waals surface area contributed by atoms with Crippen molar-refractivity contribution in [2.24, 2.45) is 0 Å². The Labute approximate surface area is 187 Å². The molecule has 2 heterocycles. The molecular formula is C23H20F2N6O2. The van der Waals surface area contributed by atoms with Gasteiger partial charge in [0.1, 0.15) is 35.1 Å². The average molecular weight is 450 g/mol. The monoisotopic (exact) mass is 450 g/mol. The van der Waals surface area contributed by atoms with Gasteiger partial charge >= 0.3 is 6.03 Å². The normalized spacial score (nSPS) is 11.1. The minimum atomic E-state index is -0.907. The number of nitrogens with one attached hydrogen (secondary N) is 2. The van der Waals surface area contributed by atoms with E-state index in [-0.39, 0.29) is 28.9 Å².